The Labute approximate surface area is 158 Å². The number of hydrogen-bond donors (Lipinski definition) is 0. The molecule has 0 fully saturated rings. The first-order valence-electron chi connectivity index (χ1n) is 7.92. The van der Waals surface area contributed by atoms with Crippen LogP contribution in [0, 0.1) is 11.3 Å². The van der Waals surface area contributed by atoms with Crippen LogP contribution in [0.2, 0.25) is 0 Å². The SMILES string of the molecule is COCCOCCOC(=O)CCC(C)(C#N)SC(=S)c1ccccc1. The van der Waals surface area contributed by atoms with Crippen LogP contribution < -0.4 is 0 Å². The van der Waals surface area contributed by atoms with E-state index in [0.29, 0.717) is 30.4 Å². The van der Waals surface area contributed by atoms with Crippen LogP contribution in [-0.4, -0.2) is 48.5 Å². The van der Waals surface area contributed by atoms with E-state index in [2.05, 4.69) is 6.07 Å². The first-order valence-corrected chi connectivity index (χ1v) is 9.15. The van der Waals surface area contributed by atoms with Gasteiger partial charge in [0.25, 0.3) is 0 Å². The molecule has 0 spiro atoms. The number of esters is 1. The van der Waals surface area contributed by atoms with Crippen LogP contribution in [0.15, 0.2) is 30.3 Å². The van der Waals surface area contributed by atoms with E-state index >= 15 is 0 Å². The molecule has 1 aromatic rings. The van der Waals surface area contributed by atoms with Crippen molar-refractivity contribution in [3.63, 3.8) is 0 Å². The zero-order chi connectivity index (χ0) is 18.5. The Kier molecular flexibility index (Phi) is 10.3. The second-order valence-corrected chi connectivity index (χ2v) is 7.60. The summed E-state index contributed by atoms with van der Waals surface area (Å²) >= 11 is 6.71. The number of thiocarbonyl (C=S) groups is 1. The molecule has 0 heterocycles. The minimum atomic E-state index is -0.777. The molecule has 0 aliphatic rings. The minimum Gasteiger partial charge on any atom is -0.463 e. The van der Waals surface area contributed by atoms with E-state index in [9.17, 15) is 10.1 Å². The molecule has 0 amide bonds. The highest BCUT2D eigenvalue weighted by atomic mass is 32.2. The number of rotatable bonds is 11. The molecule has 1 aromatic carbocycles. The third kappa shape index (κ3) is 8.98. The molecule has 0 saturated heterocycles. The highest BCUT2D eigenvalue weighted by Gasteiger charge is 2.28. The summed E-state index contributed by atoms with van der Waals surface area (Å²) in [4.78, 5) is 11.8. The van der Waals surface area contributed by atoms with Gasteiger partial charge in [0.1, 0.15) is 11.4 Å². The molecule has 25 heavy (non-hydrogen) atoms. The number of methoxy groups -OCH3 is 1. The van der Waals surface area contributed by atoms with Gasteiger partial charge in [-0.3, -0.25) is 4.79 Å². The third-order valence-electron chi connectivity index (χ3n) is 3.29. The van der Waals surface area contributed by atoms with Crippen LogP contribution in [0.1, 0.15) is 25.3 Å². The van der Waals surface area contributed by atoms with Gasteiger partial charge in [-0.25, -0.2) is 0 Å². The molecule has 0 bridgehead atoms. The molecule has 0 N–H and O–H groups in total. The Morgan fingerprint density at radius 1 is 1.24 bits per heavy atom. The Morgan fingerprint density at radius 3 is 2.56 bits per heavy atom. The number of carbonyl (C=O) groups excluding carboxylic acids is 1. The van der Waals surface area contributed by atoms with Crippen LogP contribution >= 0.6 is 24.0 Å². The van der Waals surface area contributed by atoms with Crippen molar-refractivity contribution in [1.82, 2.24) is 0 Å². The van der Waals surface area contributed by atoms with Crippen LogP contribution in [0.5, 0.6) is 0 Å². The number of benzene rings is 1. The lowest BCUT2D eigenvalue weighted by Gasteiger charge is -2.20. The fourth-order valence-electron chi connectivity index (χ4n) is 1.84. The molecule has 0 aliphatic carbocycles. The van der Waals surface area contributed by atoms with Crippen molar-refractivity contribution in [3.8, 4) is 6.07 Å². The number of carbonyl (C=O) groups is 1. The van der Waals surface area contributed by atoms with E-state index in [-0.39, 0.29) is 19.0 Å². The number of nitrogens with zero attached hydrogens (tertiary/aromatic N) is 1. The molecule has 7 heteroatoms. The van der Waals surface area contributed by atoms with Gasteiger partial charge in [-0.1, -0.05) is 54.3 Å². The van der Waals surface area contributed by atoms with E-state index < -0.39 is 4.75 Å². The fourth-order valence-corrected chi connectivity index (χ4v) is 3.44. The lowest BCUT2D eigenvalue weighted by molar-refractivity contribution is -0.145. The van der Waals surface area contributed by atoms with Gasteiger partial charge < -0.3 is 14.2 Å². The van der Waals surface area contributed by atoms with Crippen molar-refractivity contribution >= 4 is 34.1 Å². The average Bonchev–Trinajstić information content (AvgIpc) is 2.63. The summed E-state index contributed by atoms with van der Waals surface area (Å²) in [6, 6.07) is 11.8. The van der Waals surface area contributed by atoms with Gasteiger partial charge >= 0.3 is 5.97 Å². The maximum absolute atomic E-state index is 11.8. The van der Waals surface area contributed by atoms with E-state index in [1.807, 2.05) is 30.3 Å². The molecule has 0 radical (unpaired) electrons. The van der Waals surface area contributed by atoms with Crippen molar-refractivity contribution in [2.75, 3.05) is 33.5 Å². The smallest absolute Gasteiger partial charge is 0.305 e. The van der Waals surface area contributed by atoms with Gasteiger partial charge in [0, 0.05) is 13.5 Å². The molecular formula is C18H23NO4S2. The summed E-state index contributed by atoms with van der Waals surface area (Å²) in [5.41, 5.74) is 0.903. The van der Waals surface area contributed by atoms with Crippen LogP contribution in [0.3, 0.4) is 0 Å². The average molecular weight is 382 g/mol. The number of ether oxygens (including phenoxy) is 3. The van der Waals surface area contributed by atoms with Gasteiger partial charge in [0.05, 0.1) is 30.1 Å². The standard InChI is InChI=1S/C18H23NO4S2/c1-18(14-19,25-17(24)15-6-4-3-5-7-15)9-8-16(20)23-13-12-22-11-10-21-2/h3-7H,8-13H2,1-2H3. The molecule has 0 aromatic heterocycles. The number of hydrogen-bond acceptors (Lipinski definition) is 7. The van der Waals surface area contributed by atoms with Crippen molar-refractivity contribution in [1.29, 1.82) is 5.26 Å². The summed E-state index contributed by atoms with van der Waals surface area (Å²) in [5, 5.41) is 9.48. The monoisotopic (exact) mass is 381 g/mol. The molecular weight excluding hydrogens is 358 g/mol. The quantitative estimate of drug-likeness (QED) is 0.331. The lowest BCUT2D eigenvalue weighted by Crippen LogP contribution is -2.22. The van der Waals surface area contributed by atoms with E-state index in [4.69, 9.17) is 26.4 Å². The number of nitriles is 1. The highest BCUT2D eigenvalue weighted by Crippen LogP contribution is 2.33. The summed E-state index contributed by atoms with van der Waals surface area (Å²) < 4.78 is 15.0. The normalized spacial score (nSPS) is 12.8. The van der Waals surface area contributed by atoms with E-state index in [0.717, 1.165) is 5.56 Å². The summed E-state index contributed by atoms with van der Waals surface area (Å²) in [6.45, 7) is 3.29. The molecule has 1 rings (SSSR count). The van der Waals surface area contributed by atoms with Crippen LogP contribution in [-0.2, 0) is 19.0 Å². The zero-order valence-corrected chi connectivity index (χ0v) is 16.2. The largest absolute Gasteiger partial charge is 0.463 e. The Balaban J connectivity index is 2.35. The third-order valence-corrected chi connectivity index (χ3v) is 4.95. The minimum absolute atomic E-state index is 0.159. The first kappa shape index (κ1) is 21.6. The van der Waals surface area contributed by atoms with Crippen molar-refractivity contribution < 1.29 is 19.0 Å². The zero-order valence-electron chi connectivity index (χ0n) is 14.5. The van der Waals surface area contributed by atoms with E-state index in [1.165, 1.54) is 11.8 Å². The van der Waals surface area contributed by atoms with Crippen LogP contribution in [0.25, 0.3) is 0 Å². The molecule has 1 atom stereocenters. The predicted molar refractivity (Wildman–Crippen MR) is 103 cm³/mol. The highest BCUT2D eigenvalue weighted by molar-refractivity contribution is 8.24. The van der Waals surface area contributed by atoms with Gasteiger partial charge in [-0.15, -0.1) is 0 Å². The Bertz CT molecular complexity index is 588. The summed E-state index contributed by atoms with van der Waals surface area (Å²) in [6.07, 6.45) is 0.525. The predicted octanol–water partition coefficient (Wildman–Crippen LogP) is 3.36. The van der Waals surface area contributed by atoms with Crippen molar-refractivity contribution in [2.45, 2.75) is 24.5 Å². The van der Waals surface area contributed by atoms with Gasteiger partial charge in [0.15, 0.2) is 0 Å². The van der Waals surface area contributed by atoms with Crippen molar-refractivity contribution in [2.24, 2.45) is 0 Å². The molecule has 5 nitrogen and oxygen atoms in total. The first-order chi connectivity index (χ1) is 12.0. The Morgan fingerprint density at radius 2 is 1.92 bits per heavy atom. The second kappa shape index (κ2) is 12.0. The van der Waals surface area contributed by atoms with Crippen LogP contribution in [0.4, 0.5) is 0 Å². The van der Waals surface area contributed by atoms with Crippen molar-refractivity contribution in [3.05, 3.63) is 35.9 Å². The lowest BCUT2D eigenvalue weighted by atomic mass is 10.1. The summed E-state index contributed by atoms with van der Waals surface area (Å²) in [5.74, 6) is -0.344. The Hall–Kier alpha value is -1.46. The van der Waals surface area contributed by atoms with Gasteiger partial charge in [-0.2, -0.15) is 5.26 Å². The van der Waals surface area contributed by atoms with Gasteiger partial charge in [-0.05, 0) is 18.9 Å². The fraction of sp³-hybridized carbons (Fsp3) is 0.500. The molecule has 1 unspecified atom stereocenters. The maximum Gasteiger partial charge on any atom is 0.305 e. The van der Waals surface area contributed by atoms with Gasteiger partial charge in [0.2, 0.25) is 0 Å². The van der Waals surface area contributed by atoms with E-state index in [1.54, 1.807) is 14.0 Å². The molecule has 136 valence electrons. The topological polar surface area (TPSA) is 68.6 Å². The summed E-state index contributed by atoms with van der Waals surface area (Å²) in [7, 11) is 1.59. The molecule has 0 saturated carbocycles. The second-order valence-electron chi connectivity index (χ2n) is 5.42. The maximum atomic E-state index is 11.8. The molecule has 0 aliphatic heterocycles. The number of thioether (sulfide) groups is 1.